The molecule has 2 aromatic carbocycles. The van der Waals surface area contributed by atoms with Gasteiger partial charge < -0.3 is 16.5 Å². The summed E-state index contributed by atoms with van der Waals surface area (Å²) in [5, 5.41) is 11.6. The van der Waals surface area contributed by atoms with Gasteiger partial charge in [-0.3, -0.25) is 16.1 Å². The number of nitroso groups, excluding NO2 is 1. The smallest absolute Gasteiger partial charge is 0.251 e. The lowest BCUT2D eigenvalue weighted by molar-refractivity contribution is -0.530. The number of rotatable bonds is 6. The summed E-state index contributed by atoms with van der Waals surface area (Å²) in [6, 6.07) is 11.3. The molecule has 0 bridgehead atoms. The molecule has 0 fully saturated rings. The summed E-state index contributed by atoms with van der Waals surface area (Å²) in [5.41, 5.74) is 15.8. The Labute approximate surface area is 191 Å². The highest BCUT2D eigenvalue weighted by molar-refractivity contribution is 6.05. The van der Waals surface area contributed by atoms with Gasteiger partial charge in [0.05, 0.1) is 16.1 Å². The summed E-state index contributed by atoms with van der Waals surface area (Å²) in [5.74, 6) is 9.48. The minimum atomic E-state index is -0.130. The fraction of sp³-hybridized carbons (Fsp3) is 0.261. The molecule has 172 valence electrons. The van der Waals surface area contributed by atoms with Crippen molar-refractivity contribution in [2.75, 3.05) is 25.9 Å². The number of nitrogen functional groups attached to an aromatic ring is 1. The summed E-state index contributed by atoms with van der Waals surface area (Å²) in [7, 11) is 1.22. The lowest BCUT2D eigenvalue weighted by Crippen LogP contribution is -2.34. The number of benzene rings is 2. The Morgan fingerprint density at radius 3 is 2.45 bits per heavy atom. The minimum absolute atomic E-state index is 0.130. The number of fused-ring (bicyclic) bond motifs is 3. The van der Waals surface area contributed by atoms with Crippen LogP contribution in [-0.4, -0.2) is 42.1 Å². The molecule has 0 spiro atoms. The van der Waals surface area contributed by atoms with E-state index in [1.165, 1.54) is 24.4 Å². The van der Waals surface area contributed by atoms with Crippen LogP contribution in [-0.2, 0) is 12.8 Å². The molecule has 0 atom stereocenters. The molecule has 3 aromatic rings. The standard InChI is InChI=1S/C22H24N6O.CH5N2O/c23-12-17-18(24)8-9-19-20(17)15-2-1-3-16(15)21(28-19)13-4-6-14(7-5-13)22(29)26-10-11-27-25;1-3(2)4/h4-9,12,23,27H,1-3,10-11,24-25H2,(H,26,29);1H3,(H2,2,4)/q;+1. The maximum atomic E-state index is 12.2. The van der Waals surface area contributed by atoms with E-state index in [4.69, 9.17) is 26.9 Å². The highest BCUT2D eigenvalue weighted by atomic mass is 16.3. The Balaban J connectivity index is 0.000000709. The Morgan fingerprint density at radius 1 is 1.15 bits per heavy atom. The average Bonchev–Trinajstić information content (AvgIpc) is 3.28. The highest BCUT2D eigenvalue weighted by Gasteiger charge is 2.23. The zero-order valence-corrected chi connectivity index (χ0v) is 18.5. The fourth-order valence-electron chi connectivity index (χ4n) is 4.03. The monoisotopic (exact) mass is 449 g/mol. The van der Waals surface area contributed by atoms with Crippen LogP contribution >= 0.6 is 0 Å². The van der Waals surface area contributed by atoms with Crippen LogP contribution in [0.25, 0.3) is 22.2 Å². The molecule has 0 radical (unpaired) electrons. The molecule has 0 saturated heterocycles. The minimum Gasteiger partial charge on any atom is -0.398 e. The van der Waals surface area contributed by atoms with Gasteiger partial charge in [-0.1, -0.05) is 12.1 Å². The topological polar surface area (TPSA) is 176 Å². The van der Waals surface area contributed by atoms with Gasteiger partial charge in [0.25, 0.3) is 5.91 Å². The van der Waals surface area contributed by atoms with Crippen molar-refractivity contribution in [1.29, 1.82) is 5.41 Å². The molecule has 10 heteroatoms. The third-order valence-corrected chi connectivity index (χ3v) is 5.41. The first kappa shape index (κ1) is 23.8. The summed E-state index contributed by atoms with van der Waals surface area (Å²) in [4.78, 5) is 26.5. The lowest BCUT2D eigenvalue weighted by atomic mass is 9.95. The maximum absolute atomic E-state index is 12.2. The quantitative estimate of drug-likeness (QED) is 0.0823. The molecule has 1 aliphatic carbocycles. The van der Waals surface area contributed by atoms with Crippen LogP contribution in [0.3, 0.4) is 0 Å². The van der Waals surface area contributed by atoms with Crippen molar-refractivity contribution >= 4 is 28.7 Å². The number of hydrazine groups is 2. The first-order chi connectivity index (χ1) is 15.9. The van der Waals surface area contributed by atoms with E-state index in [0.717, 1.165) is 47.0 Å². The Morgan fingerprint density at radius 2 is 1.82 bits per heavy atom. The Hall–Kier alpha value is -3.89. The van der Waals surface area contributed by atoms with Crippen molar-refractivity contribution in [3.8, 4) is 11.3 Å². The third kappa shape index (κ3) is 5.30. The number of nitrogens with two attached hydrogens (primary N) is 3. The van der Waals surface area contributed by atoms with Gasteiger partial charge in [0.15, 0.2) is 0 Å². The maximum Gasteiger partial charge on any atom is 0.251 e. The van der Waals surface area contributed by atoms with E-state index in [1.807, 2.05) is 36.4 Å². The molecule has 1 aliphatic rings. The zero-order valence-electron chi connectivity index (χ0n) is 18.5. The van der Waals surface area contributed by atoms with E-state index in [2.05, 4.69) is 16.6 Å². The molecule has 0 aliphatic heterocycles. The van der Waals surface area contributed by atoms with Gasteiger partial charge in [-0.05, 0) is 54.7 Å². The second-order valence-corrected chi connectivity index (χ2v) is 7.71. The molecular formula is C23H29N8O2+. The summed E-state index contributed by atoms with van der Waals surface area (Å²) < 4.78 is 0. The van der Waals surface area contributed by atoms with E-state index < -0.39 is 0 Å². The number of pyridine rings is 1. The van der Waals surface area contributed by atoms with Crippen molar-refractivity contribution < 1.29 is 9.66 Å². The molecule has 9 N–H and O–H groups in total. The number of anilines is 1. The predicted octanol–water partition coefficient (Wildman–Crippen LogP) is 1.43. The van der Waals surface area contributed by atoms with Crippen LogP contribution < -0.4 is 28.2 Å². The molecule has 4 rings (SSSR count). The molecule has 1 amide bonds. The normalized spacial score (nSPS) is 11.9. The van der Waals surface area contributed by atoms with Crippen LogP contribution in [0.1, 0.15) is 33.5 Å². The van der Waals surface area contributed by atoms with Gasteiger partial charge in [-0.15, -0.1) is 0 Å². The van der Waals surface area contributed by atoms with Crippen molar-refractivity contribution in [2.24, 2.45) is 11.7 Å². The number of nitrogens with one attached hydrogen (secondary N) is 3. The van der Waals surface area contributed by atoms with Gasteiger partial charge in [0.1, 0.15) is 4.87 Å². The SMILES string of the molecule is C[N+](N)=O.N=Cc1c(N)ccc2nc(-c3ccc(C(=O)NCCNN)cc3)c3c(c12)CCC3. The molecule has 1 aromatic heterocycles. The van der Waals surface area contributed by atoms with Crippen molar-refractivity contribution in [2.45, 2.75) is 19.3 Å². The number of hydrogen-bond donors (Lipinski definition) is 6. The average molecular weight is 450 g/mol. The van der Waals surface area contributed by atoms with Crippen LogP contribution in [0.4, 0.5) is 5.69 Å². The molecule has 1 heterocycles. The summed E-state index contributed by atoms with van der Waals surface area (Å²) in [6.07, 6.45) is 4.30. The zero-order chi connectivity index (χ0) is 24.0. The number of nitrogens with zero attached hydrogens (tertiary/aromatic N) is 2. The van der Waals surface area contributed by atoms with E-state index in [9.17, 15) is 4.79 Å². The number of carbonyl (C=O) groups is 1. The van der Waals surface area contributed by atoms with Gasteiger partial charge in [-0.25, -0.2) is 4.98 Å². The van der Waals surface area contributed by atoms with Gasteiger partial charge >= 0.3 is 0 Å². The second-order valence-electron chi connectivity index (χ2n) is 7.71. The van der Waals surface area contributed by atoms with Crippen molar-refractivity contribution in [3.05, 3.63) is 63.6 Å². The Kier molecular flexibility index (Phi) is 7.65. The summed E-state index contributed by atoms with van der Waals surface area (Å²) >= 11 is 0. The van der Waals surface area contributed by atoms with Crippen LogP contribution in [0.5, 0.6) is 0 Å². The second kappa shape index (κ2) is 10.6. The number of aryl methyl sites for hydroxylation is 1. The molecule has 0 saturated carbocycles. The molecule has 33 heavy (non-hydrogen) atoms. The number of hydrogen-bond acceptors (Lipinski definition) is 7. The van der Waals surface area contributed by atoms with E-state index in [-0.39, 0.29) is 10.8 Å². The Bertz CT molecular complexity index is 1190. The van der Waals surface area contributed by atoms with Crippen molar-refractivity contribution in [3.63, 3.8) is 0 Å². The predicted molar refractivity (Wildman–Crippen MR) is 130 cm³/mol. The number of carbonyl (C=O) groups excluding carboxylic acids is 1. The number of amides is 1. The van der Waals surface area contributed by atoms with E-state index in [0.29, 0.717) is 24.3 Å². The van der Waals surface area contributed by atoms with Crippen LogP contribution in [0.2, 0.25) is 0 Å². The highest BCUT2D eigenvalue weighted by Crippen LogP contribution is 2.38. The van der Waals surface area contributed by atoms with E-state index >= 15 is 0 Å². The fourth-order valence-corrected chi connectivity index (χ4v) is 4.03. The summed E-state index contributed by atoms with van der Waals surface area (Å²) in [6.45, 7) is 0.981. The first-order valence-electron chi connectivity index (χ1n) is 10.6. The molecular weight excluding hydrogens is 420 g/mol. The third-order valence-electron chi connectivity index (χ3n) is 5.41. The van der Waals surface area contributed by atoms with Crippen LogP contribution in [0, 0.1) is 10.3 Å². The van der Waals surface area contributed by atoms with Crippen LogP contribution in [0.15, 0.2) is 36.4 Å². The van der Waals surface area contributed by atoms with Gasteiger partial charge in [-0.2, -0.15) is 5.84 Å². The number of aromatic nitrogens is 1. The van der Waals surface area contributed by atoms with Gasteiger partial charge in [0, 0.05) is 47.1 Å². The van der Waals surface area contributed by atoms with Gasteiger partial charge in [0.2, 0.25) is 7.05 Å². The van der Waals surface area contributed by atoms with E-state index in [1.54, 1.807) is 0 Å². The molecule has 10 nitrogen and oxygen atoms in total. The lowest BCUT2D eigenvalue weighted by Gasteiger charge is -2.15. The molecule has 0 unspecified atom stereocenters. The largest absolute Gasteiger partial charge is 0.398 e. The van der Waals surface area contributed by atoms with Crippen molar-refractivity contribution in [1.82, 2.24) is 15.7 Å². The first-order valence-corrected chi connectivity index (χ1v) is 10.6.